The van der Waals surface area contributed by atoms with Crippen LogP contribution in [-0.2, 0) is 0 Å². The van der Waals surface area contributed by atoms with Gasteiger partial charge in [-0.3, -0.25) is 5.01 Å². The molecule has 0 spiro atoms. The predicted molar refractivity (Wildman–Crippen MR) is 121 cm³/mol. The number of nitrogens with zero attached hydrogens (tertiary/aromatic N) is 1. The van der Waals surface area contributed by atoms with Crippen LogP contribution in [0.4, 0.5) is 18.9 Å². The molecule has 1 fully saturated rings. The number of halogens is 3. The van der Waals surface area contributed by atoms with Crippen LogP contribution in [0.3, 0.4) is 0 Å². The summed E-state index contributed by atoms with van der Waals surface area (Å²) in [5.74, 6) is -0.285. The minimum absolute atomic E-state index is 0.0781. The maximum absolute atomic E-state index is 12.4. The Morgan fingerprint density at radius 3 is 2.09 bits per heavy atom. The quantitative estimate of drug-likeness (QED) is 0.591. The molecule has 0 aromatic heterocycles. The monoisotopic (exact) mass is 449 g/mol. The second-order valence-corrected chi connectivity index (χ2v) is 7.15. The lowest BCUT2D eigenvalue weighted by molar-refractivity contribution is -0.142. The van der Waals surface area contributed by atoms with Crippen molar-refractivity contribution in [1.29, 1.82) is 0 Å². The molecule has 2 aromatic carbocycles. The number of hydrazine groups is 1. The van der Waals surface area contributed by atoms with Crippen molar-refractivity contribution in [2.75, 3.05) is 18.1 Å². The first-order chi connectivity index (χ1) is 15.3. The molecule has 1 saturated heterocycles. The first kappa shape index (κ1) is 25.4. The number of hydrogen-bond donors (Lipinski definition) is 3. The van der Waals surface area contributed by atoms with Crippen LogP contribution in [0.15, 0.2) is 66.9 Å². The highest BCUT2D eigenvalue weighted by atomic mass is 19.4. The van der Waals surface area contributed by atoms with Gasteiger partial charge < -0.3 is 10.4 Å². The van der Waals surface area contributed by atoms with Crippen molar-refractivity contribution in [2.24, 2.45) is 0 Å². The highest BCUT2D eigenvalue weighted by molar-refractivity contribution is 5.88. The Balaban J connectivity index is 0.000000224. The summed E-state index contributed by atoms with van der Waals surface area (Å²) in [6.07, 6.45) is 0.485. The number of piperidine rings is 1. The summed E-state index contributed by atoms with van der Waals surface area (Å²) in [4.78, 5) is 10.6. The number of carbonyl (C=O) groups is 1. The lowest BCUT2D eigenvalue weighted by Crippen LogP contribution is -2.43. The molecule has 0 bridgehead atoms. The summed E-state index contributed by atoms with van der Waals surface area (Å²) in [7, 11) is 0. The number of rotatable bonds is 3. The normalized spacial score (nSPS) is 18.3. The van der Waals surface area contributed by atoms with E-state index in [9.17, 15) is 18.0 Å². The first-order valence-electron chi connectivity index (χ1n) is 10.7. The van der Waals surface area contributed by atoms with Crippen LogP contribution in [0.25, 0.3) is 0 Å². The molecule has 8 heteroatoms. The molecule has 2 aliphatic rings. The van der Waals surface area contributed by atoms with Gasteiger partial charge in [-0.25, -0.2) is 10.2 Å². The molecule has 0 saturated carbocycles. The maximum atomic E-state index is 12.4. The van der Waals surface area contributed by atoms with E-state index in [2.05, 4.69) is 41.1 Å². The number of nitrogens with one attached hydrogen (secondary N) is 2. The number of hydrogen-bond acceptors (Lipinski definition) is 4. The largest absolute Gasteiger partial charge is 0.478 e. The molecule has 1 unspecified atom stereocenters. The molecule has 2 aliphatic heterocycles. The molecule has 32 heavy (non-hydrogen) atoms. The molecule has 3 N–H and O–H groups in total. The summed E-state index contributed by atoms with van der Waals surface area (Å²) in [5, 5.41) is 13.3. The Labute approximate surface area is 186 Å². The van der Waals surface area contributed by atoms with Crippen LogP contribution in [0.5, 0.6) is 0 Å². The molecule has 5 nitrogen and oxygen atoms in total. The standard InChI is InChI=1S/C11H9F3N2O2.C11H15N.C2H6/c12-11(13,14)9-5-6-16(15-9)8-3-1-7(2-4-8)10(17)18;1-2-4-10(5-3-1)11-6-8-12-9-7-11;1-2/h1-6,9,15H,(H,17,18);1-5,11-12H,6-9H2;1-2H3. The molecule has 1 atom stereocenters. The average Bonchev–Trinajstić information content (AvgIpc) is 3.33. The summed E-state index contributed by atoms with van der Waals surface area (Å²) in [6, 6.07) is 14.6. The van der Waals surface area contributed by atoms with E-state index in [4.69, 9.17) is 5.11 Å². The fourth-order valence-corrected chi connectivity index (χ4v) is 3.40. The molecule has 4 rings (SSSR count). The van der Waals surface area contributed by atoms with Gasteiger partial charge in [-0.15, -0.1) is 0 Å². The van der Waals surface area contributed by atoms with Crippen LogP contribution in [0.1, 0.15) is 48.5 Å². The number of carboxylic acid groups (broad SMARTS) is 1. The molecular formula is C24H30F3N3O2. The van der Waals surface area contributed by atoms with E-state index >= 15 is 0 Å². The van der Waals surface area contributed by atoms with Crippen molar-refractivity contribution in [2.45, 2.75) is 44.8 Å². The number of aromatic carboxylic acids is 1. The van der Waals surface area contributed by atoms with Crippen molar-refractivity contribution < 1.29 is 23.1 Å². The molecule has 174 valence electrons. The number of carboxylic acids is 1. The van der Waals surface area contributed by atoms with Crippen molar-refractivity contribution >= 4 is 11.7 Å². The minimum atomic E-state index is -4.35. The Bertz CT molecular complexity index is 849. The second-order valence-electron chi connectivity index (χ2n) is 7.15. The van der Waals surface area contributed by atoms with Gasteiger partial charge in [0.15, 0.2) is 0 Å². The van der Waals surface area contributed by atoms with Crippen molar-refractivity contribution in [3.63, 3.8) is 0 Å². The van der Waals surface area contributed by atoms with E-state index in [0.29, 0.717) is 5.69 Å². The number of alkyl halides is 3. The molecule has 2 heterocycles. The fraction of sp³-hybridized carbons (Fsp3) is 0.375. The lowest BCUT2D eigenvalue weighted by Gasteiger charge is -2.22. The number of benzene rings is 2. The first-order valence-corrected chi connectivity index (χ1v) is 10.7. The molecule has 0 amide bonds. The lowest BCUT2D eigenvalue weighted by atomic mass is 9.90. The Kier molecular flexibility index (Phi) is 9.74. The molecular weight excluding hydrogens is 419 g/mol. The van der Waals surface area contributed by atoms with Crippen LogP contribution in [-0.4, -0.2) is 36.4 Å². The average molecular weight is 450 g/mol. The summed E-state index contributed by atoms with van der Waals surface area (Å²) < 4.78 is 37.2. The van der Waals surface area contributed by atoms with Gasteiger partial charge in [0.25, 0.3) is 0 Å². The van der Waals surface area contributed by atoms with Crippen molar-refractivity contribution in [1.82, 2.24) is 10.7 Å². The zero-order valence-corrected chi connectivity index (χ0v) is 18.3. The SMILES string of the molecule is CC.O=C(O)c1ccc(N2C=CC(C(F)(F)F)N2)cc1.c1ccc(C2CCNCC2)cc1. The van der Waals surface area contributed by atoms with Gasteiger partial charge in [0.05, 0.1) is 11.3 Å². The topological polar surface area (TPSA) is 64.6 Å². The zero-order chi connectivity index (χ0) is 23.6. The van der Waals surface area contributed by atoms with E-state index in [0.717, 1.165) is 12.0 Å². The fourth-order valence-electron chi connectivity index (χ4n) is 3.40. The summed E-state index contributed by atoms with van der Waals surface area (Å²) in [5.41, 5.74) is 4.27. The summed E-state index contributed by atoms with van der Waals surface area (Å²) in [6.45, 7) is 6.36. The van der Waals surface area contributed by atoms with E-state index in [1.807, 2.05) is 13.8 Å². The van der Waals surface area contributed by atoms with Crippen LogP contribution < -0.4 is 15.8 Å². The van der Waals surface area contributed by atoms with E-state index in [-0.39, 0.29) is 5.56 Å². The third-order valence-corrected chi connectivity index (χ3v) is 5.06. The van der Waals surface area contributed by atoms with Gasteiger partial charge in [-0.1, -0.05) is 44.2 Å². The Morgan fingerprint density at radius 1 is 1.00 bits per heavy atom. The van der Waals surface area contributed by atoms with Crippen molar-refractivity contribution in [3.8, 4) is 0 Å². The minimum Gasteiger partial charge on any atom is -0.478 e. The molecule has 0 aliphatic carbocycles. The smallest absolute Gasteiger partial charge is 0.409 e. The highest BCUT2D eigenvalue weighted by Crippen LogP contribution is 2.27. The Hall–Kier alpha value is -2.84. The zero-order valence-electron chi connectivity index (χ0n) is 18.3. The Morgan fingerprint density at radius 2 is 1.59 bits per heavy atom. The van der Waals surface area contributed by atoms with Crippen LogP contribution in [0, 0.1) is 0 Å². The second kappa shape index (κ2) is 12.3. The van der Waals surface area contributed by atoms with Gasteiger partial charge in [0.1, 0.15) is 6.04 Å². The van der Waals surface area contributed by atoms with Crippen LogP contribution in [0.2, 0.25) is 0 Å². The molecule has 0 radical (unpaired) electrons. The maximum Gasteiger partial charge on any atom is 0.409 e. The number of anilines is 1. The van der Waals surface area contributed by atoms with Gasteiger partial charge in [0, 0.05) is 6.20 Å². The summed E-state index contributed by atoms with van der Waals surface area (Å²) >= 11 is 0. The predicted octanol–water partition coefficient (Wildman–Crippen LogP) is 5.33. The van der Waals surface area contributed by atoms with E-state index < -0.39 is 18.2 Å². The van der Waals surface area contributed by atoms with Crippen molar-refractivity contribution in [3.05, 3.63) is 78.0 Å². The van der Waals surface area contributed by atoms with E-state index in [1.165, 1.54) is 67.0 Å². The van der Waals surface area contributed by atoms with E-state index in [1.54, 1.807) is 0 Å². The third kappa shape index (κ3) is 7.39. The third-order valence-electron chi connectivity index (χ3n) is 5.06. The van der Waals surface area contributed by atoms with Gasteiger partial charge >= 0.3 is 12.1 Å². The van der Waals surface area contributed by atoms with Crippen LogP contribution >= 0.6 is 0 Å². The van der Waals surface area contributed by atoms with Gasteiger partial charge in [0.2, 0.25) is 0 Å². The van der Waals surface area contributed by atoms with Gasteiger partial charge in [-0.2, -0.15) is 13.2 Å². The van der Waals surface area contributed by atoms with Gasteiger partial charge in [-0.05, 0) is 67.8 Å². The highest BCUT2D eigenvalue weighted by Gasteiger charge is 2.41. The molecule has 2 aromatic rings.